The van der Waals surface area contributed by atoms with Crippen LogP contribution in [0.4, 0.5) is 11.4 Å². The monoisotopic (exact) mass is 785 g/mol. The van der Waals surface area contributed by atoms with Gasteiger partial charge in [0.05, 0.1) is 29.0 Å². The van der Waals surface area contributed by atoms with E-state index in [-0.39, 0.29) is 36.7 Å². The lowest BCUT2D eigenvalue weighted by Crippen LogP contribution is -2.47. The molecule has 3 aliphatic rings. The van der Waals surface area contributed by atoms with E-state index in [1.807, 2.05) is 19.1 Å². The van der Waals surface area contributed by atoms with Crippen molar-refractivity contribution in [2.45, 2.75) is 71.1 Å². The van der Waals surface area contributed by atoms with Crippen molar-refractivity contribution in [3.63, 3.8) is 0 Å². The number of aryl methyl sites for hydroxylation is 1. The SMILES string of the molecule is CCc1c2c(nc3ccc(O)cc13)-c1cc3c(c(=O)n1C2)COC(=O)[C@@]3(CC)OC(=O)CCCSSCCCC(=O)Nc1ccc(N2CCN(C)CC2)cc1. The van der Waals surface area contributed by atoms with E-state index in [0.717, 1.165) is 60.6 Å². The number of esters is 2. The highest BCUT2D eigenvalue weighted by Gasteiger charge is 2.50. The summed E-state index contributed by atoms with van der Waals surface area (Å²) in [6.45, 7) is 7.96. The highest BCUT2D eigenvalue weighted by Crippen LogP contribution is 2.42. The van der Waals surface area contributed by atoms with Gasteiger partial charge >= 0.3 is 11.9 Å². The van der Waals surface area contributed by atoms with Crippen LogP contribution < -0.4 is 15.8 Å². The zero-order valence-corrected chi connectivity index (χ0v) is 33.2. The Bertz CT molecular complexity index is 2170. The van der Waals surface area contributed by atoms with Gasteiger partial charge in [0.1, 0.15) is 12.4 Å². The van der Waals surface area contributed by atoms with Gasteiger partial charge in [-0.15, -0.1) is 0 Å². The molecule has 2 N–H and O–H groups in total. The van der Waals surface area contributed by atoms with Gasteiger partial charge in [0.15, 0.2) is 0 Å². The fraction of sp³-hybridized carbons (Fsp3) is 0.439. The minimum atomic E-state index is -1.74. The summed E-state index contributed by atoms with van der Waals surface area (Å²) >= 11 is 0. The number of aromatic hydroxyl groups is 1. The molecule has 0 radical (unpaired) electrons. The molecule has 0 bridgehead atoms. The normalized spacial score (nSPS) is 17.7. The number of nitrogens with one attached hydrogen (secondary N) is 1. The Morgan fingerprint density at radius 2 is 1.69 bits per heavy atom. The first-order valence-corrected chi connectivity index (χ1v) is 21.5. The Morgan fingerprint density at radius 3 is 2.40 bits per heavy atom. The number of anilines is 2. The van der Waals surface area contributed by atoms with Crippen LogP contribution in [0.25, 0.3) is 22.3 Å². The summed E-state index contributed by atoms with van der Waals surface area (Å²) in [6, 6.07) is 14.8. The highest BCUT2D eigenvalue weighted by atomic mass is 33.1. The average molecular weight is 786 g/mol. The molecule has 0 spiro atoms. The number of carbonyl (C=O) groups excluding carboxylic acids is 3. The van der Waals surface area contributed by atoms with Crippen LogP contribution in [-0.2, 0) is 49.0 Å². The lowest BCUT2D eigenvalue weighted by molar-refractivity contribution is -0.189. The van der Waals surface area contributed by atoms with Crippen molar-refractivity contribution in [3.05, 3.63) is 81.1 Å². The molecule has 0 aliphatic carbocycles. The molecule has 4 aromatic rings. The smallest absolute Gasteiger partial charge is 0.355 e. The first kappa shape index (κ1) is 38.7. The molecule has 2 aromatic carbocycles. The van der Waals surface area contributed by atoms with Gasteiger partial charge in [-0.1, -0.05) is 35.4 Å². The molecular weight excluding hydrogens is 739 g/mol. The van der Waals surface area contributed by atoms with Crippen LogP contribution in [0, 0.1) is 0 Å². The van der Waals surface area contributed by atoms with E-state index >= 15 is 0 Å². The summed E-state index contributed by atoms with van der Waals surface area (Å²) in [5, 5.41) is 14.0. The number of ether oxygens (including phenoxy) is 2. The zero-order valence-electron chi connectivity index (χ0n) is 31.5. The van der Waals surface area contributed by atoms with Crippen LogP contribution in [0.5, 0.6) is 5.75 Å². The maximum atomic E-state index is 14.0. The lowest BCUT2D eigenvalue weighted by Gasteiger charge is -2.35. The fourth-order valence-corrected chi connectivity index (χ4v) is 9.86. The van der Waals surface area contributed by atoms with Crippen molar-refractivity contribution in [2.75, 3.05) is 54.9 Å². The Labute approximate surface area is 328 Å². The highest BCUT2D eigenvalue weighted by molar-refractivity contribution is 8.76. The molecule has 1 amide bonds. The predicted molar refractivity (Wildman–Crippen MR) is 218 cm³/mol. The van der Waals surface area contributed by atoms with Gasteiger partial charge in [-0.05, 0) is 86.8 Å². The topological polar surface area (TPSA) is 143 Å². The van der Waals surface area contributed by atoms with Crippen LogP contribution in [0.3, 0.4) is 0 Å². The molecule has 1 atom stereocenters. The van der Waals surface area contributed by atoms with E-state index in [1.165, 1.54) is 5.69 Å². The van der Waals surface area contributed by atoms with Crippen molar-refractivity contribution in [2.24, 2.45) is 0 Å². The van der Waals surface area contributed by atoms with Crippen molar-refractivity contribution in [3.8, 4) is 17.1 Å². The second kappa shape index (κ2) is 16.7. The molecule has 14 heteroatoms. The van der Waals surface area contributed by atoms with Crippen LogP contribution in [0.1, 0.15) is 68.2 Å². The van der Waals surface area contributed by atoms with Crippen LogP contribution >= 0.6 is 21.6 Å². The molecule has 5 heterocycles. The summed E-state index contributed by atoms with van der Waals surface area (Å²) in [7, 11) is 5.43. The third-order valence-electron chi connectivity index (χ3n) is 10.7. The summed E-state index contributed by atoms with van der Waals surface area (Å²) in [4.78, 5) is 62.7. The largest absolute Gasteiger partial charge is 0.508 e. The van der Waals surface area contributed by atoms with Gasteiger partial charge in [0.2, 0.25) is 11.5 Å². The molecule has 1 saturated heterocycles. The number of fused-ring (bicyclic) bond motifs is 5. The average Bonchev–Trinajstić information content (AvgIpc) is 3.55. The molecule has 2 aromatic heterocycles. The lowest BCUT2D eigenvalue weighted by atomic mass is 9.85. The number of nitrogens with zero attached hydrogens (tertiary/aromatic N) is 4. The number of hydrogen-bond donors (Lipinski definition) is 2. The van der Waals surface area contributed by atoms with Crippen LogP contribution in [0.2, 0.25) is 0 Å². The van der Waals surface area contributed by atoms with E-state index < -0.39 is 17.5 Å². The summed E-state index contributed by atoms with van der Waals surface area (Å²) in [5.41, 5.74) is 4.37. The zero-order chi connectivity index (χ0) is 38.7. The van der Waals surface area contributed by atoms with Gasteiger partial charge in [-0.25, -0.2) is 9.78 Å². The second-order valence-corrected chi connectivity index (χ2v) is 17.0. The maximum Gasteiger partial charge on any atom is 0.355 e. The molecule has 7 rings (SSSR count). The minimum Gasteiger partial charge on any atom is -0.508 e. The number of carbonyl (C=O) groups is 3. The molecule has 55 heavy (non-hydrogen) atoms. The Morgan fingerprint density at radius 1 is 0.964 bits per heavy atom. The fourth-order valence-electron chi connectivity index (χ4n) is 7.68. The van der Waals surface area contributed by atoms with E-state index in [0.29, 0.717) is 59.6 Å². The first-order chi connectivity index (χ1) is 26.6. The number of amides is 1. The van der Waals surface area contributed by atoms with Gasteiger partial charge in [-0.2, -0.15) is 0 Å². The van der Waals surface area contributed by atoms with Gasteiger partial charge in [-0.3, -0.25) is 14.4 Å². The minimum absolute atomic E-state index is 0.0122. The molecule has 3 aliphatic heterocycles. The summed E-state index contributed by atoms with van der Waals surface area (Å²) < 4.78 is 13.1. The van der Waals surface area contributed by atoms with E-state index in [2.05, 4.69) is 34.3 Å². The number of aromatic nitrogens is 2. The van der Waals surface area contributed by atoms with Crippen molar-refractivity contribution in [1.29, 1.82) is 0 Å². The summed E-state index contributed by atoms with van der Waals surface area (Å²) in [5.74, 6) is 0.388. The maximum absolute atomic E-state index is 14.0. The Hall–Kier alpha value is -4.53. The van der Waals surface area contributed by atoms with Gasteiger partial charge in [0.25, 0.3) is 5.56 Å². The number of hydrogen-bond acceptors (Lipinski definition) is 12. The number of benzene rings is 2. The van der Waals surface area contributed by atoms with E-state index in [4.69, 9.17) is 14.5 Å². The van der Waals surface area contributed by atoms with Crippen LogP contribution in [-0.4, -0.2) is 82.1 Å². The third-order valence-corrected chi connectivity index (χ3v) is 13.3. The van der Waals surface area contributed by atoms with Crippen molar-refractivity contribution >= 4 is 61.7 Å². The number of pyridine rings is 2. The van der Waals surface area contributed by atoms with E-state index in [1.54, 1.807) is 57.3 Å². The van der Waals surface area contributed by atoms with Gasteiger partial charge in [0, 0.05) is 78.4 Å². The number of phenols is 1. The molecule has 1 fully saturated rings. The molecule has 12 nitrogen and oxygen atoms in total. The van der Waals surface area contributed by atoms with Gasteiger partial charge < -0.3 is 34.3 Å². The predicted octanol–water partition coefficient (Wildman–Crippen LogP) is 6.23. The van der Waals surface area contributed by atoms with Crippen molar-refractivity contribution < 1.29 is 29.0 Å². The molecular formula is C41H47N5O7S2. The number of rotatable bonds is 14. The molecule has 0 saturated carbocycles. The quantitative estimate of drug-likeness (QED) is 0.0749. The van der Waals surface area contributed by atoms with Crippen LogP contribution in [0.15, 0.2) is 53.3 Å². The number of likely N-dealkylation sites (N-methyl/N-ethyl adjacent to an activating group) is 1. The molecule has 290 valence electrons. The van der Waals surface area contributed by atoms with E-state index in [9.17, 15) is 24.3 Å². The number of phenolic OH excluding ortho intramolecular Hbond substituents is 1. The molecule has 0 unspecified atom stereocenters. The number of cyclic esters (lactones) is 1. The first-order valence-electron chi connectivity index (χ1n) is 19.0. The standard InChI is InChI=1S/C41H47N5O7S2/c1-4-29-30-22-28(47)14-15-34(30)43-38-31(29)24-46-35(38)23-33-32(39(46)50)25-52-40(51)41(33,5-2)53-37(49)9-7-21-55-54-20-6-8-36(48)42-26-10-12-27(13-11-26)45-18-16-44(3)17-19-45/h10-15,22-23,47H,4-9,16-21,24-25H2,1-3H3,(H,42,48)/t41-/m0/s1. The third kappa shape index (κ3) is 7.94. The summed E-state index contributed by atoms with van der Waals surface area (Å²) in [6.07, 6.45) is 2.56. The Balaban J connectivity index is 0.904. The second-order valence-electron chi connectivity index (χ2n) is 14.3. The van der Waals surface area contributed by atoms with Crippen molar-refractivity contribution in [1.82, 2.24) is 14.5 Å². The number of piperazine rings is 1. The Kier molecular flexibility index (Phi) is 11.7.